The Balaban J connectivity index is 2.24. The lowest BCUT2D eigenvalue weighted by Crippen LogP contribution is -2.43. The predicted molar refractivity (Wildman–Crippen MR) is 89.6 cm³/mol. The number of benzene rings is 1. The van der Waals surface area contributed by atoms with Crippen LogP contribution in [0.3, 0.4) is 0 Å². The highest BCUT2D eigenvalue weighted by atomic mass is 32.2. The van der Waals surface area contributed by atoms with Gasteiger partial charge in [-0.3, -0.25) is 0 Å². The molecule has 0 spiro atoms. The van der Waals surface area contributed by atoms with Gasteiger partial charge in [-0.25, -0.2) is 22.7 Å². The van der Waals surface area contributed by atoms with Crippen molar-refractivity contribution in [3.05, 3.63) is 35.6 Å². The molecule has 0 saturated heterocycles. The van der Waals surface area contributed by atoms with Crippen molar-refractivity contribution in [2.24, 2.45) is 5.14 Å². The van der Waals surface area contributed by atoms with Crippen molar-refractivity contribution < 1.29 is 22.3 Å². The number of sulfonamides is 1. The van der Waals surface area contributed by atoms with Crippen LogP contribution in [-0.2, 0) is 20.2 Å². The van der Waals surface area contributed by atoms with Gasteiger partial charge in [-0.15, -0.1) is 0 Å². The number of amides is 2. The molecule has 0 saturated carbocycles. The van der Waals surface area contributed by atoms with Gasteiger partial charge in [-0.1, -0.05) is 26.0 Å². The minimum absolute atomic E-state index is 0.0142. The average Bonchev–Trinajstić information content (AvgIpc) is 2.48. The number of rotatable bonds is 9. The summed E-state index contributed by atoms with van der Waals surface area (Å²) in [5.41, 5.74) is 0.562. The van der Waals surface area contributed by atoms with E-state index in [1.807, 2.05) is 13.8 Å². The molecule has 0 heterocycles. The van der Waals surface area contributed by atoms with Crippen LogP contribution in [0.4, 0.5) is 9.18 Å². The number of halogens is 1. The lowest BCUT2D eigenvalue weighted by Gasteiger charge is -2.25. The van der Waals surface area contributed by atoms with E-state index in [1.54, 1.807) is 12.1 Å². The van der Waals surface area contributed by atoms with Crippen LogP contribution in [-0.4, -0.2) is 46.5 Å². The van der Waals surface area contributed by atoms with E-state index in [-0.39, 0.29) is 42.8 Å². The van der Waals surface area contributed by atoms with Gasteiger partial charge < -0.3 is 15.4 Å². The maximum absolute atomic E-state index is 13.0. The van der Waals surface area contributed by atoms with E-state index in [1.165, 1.54) is 12.1 Å². The number of hydrogen-bond donors (Lipinski definition) is 3. The summed E-state index contributed by atoms with van der Waals surface area (Å²) in [6.07, 6.45) is 0. The van der Waals surface area contributed by atoms with Crippen LogP contribution in [0.5, 0.6) is 0 Å². The molecule has 136 valence electrons. The van der Waals surface area contributed by atoms with E-state index in [2.05, 4.69) is 10.6 Å². The predicted octanol–water partition coefficient (Wildman–Crippen LogP) is 0.708. The number of ether oxygens (including phenoxy) is 1. The number of carbonyl (C=O) groups is 1. The van der Waals surface area contributed by atoms with E-state index in [9.17, 15) is 17.6 Å². The number of nitrogens with two attached hydrogens (primary N) is 1. The standard InChI is InChI=1S/C15H24FN3O4S/c1-15(2,12-3-5-13(16)6-4-12)11-19-14(20)18-7-8-23-9-10-24(17,21)22/h3-6H,7-11H2,1-2H3,(H2,17,21,22)(H2,18,19,20). The number of hydrogen-bond acceptors (Lipinski definition) is 4. The Morgan fingerprint density at radius 1 is 1.21 bits per heavy atom. The van der Waals surface area contributed by atoms with Crippen molar-refractivity contribution in [3.63, 3.8) is 0 Å². The third kappa shape index (κ3) is 8.23. The molecule has 4 N–H and O–H groups in total. The SMILES string of the molecule is CC(C)(CNC(=O)NCCOCCS(N)(=O)=O)c1ccc(F)cc1. The molecule has 0 fully saturated rings. The first-order valence-electron chi connectivity index (χ1n) is 7.46. The van der Waals surface area contributed by atoms with Crippen LogP contribution in [0.25, 0.3) is 0 Å². The zero-order valence-corrected chi connectivity index (χ0v) is 14.7. The fraction of sp³-hybridized carbons (Fsp3) is 0.533. The van der Waals surface area contributed by atoms with Gasteiger partial charge in [0.1, 0.15) is 5.82 Å². The lowest BCUT2D eigenvalue weighted by atomic mass is 9.84. The van der Waals surface area contributed by atoms with E-state index < -0.39 is 10.0 Å². The van der Waals surface area contributed by atoms with Crippen LogP contribution in [0, 0.1) is 5.82 Å². The minimum atomic E-state index is -3.53. The largest absolute Gasteiger partial charge is 0.379 e. The zero-order chi connectivity index (χ0) is 18.2. The van der Waals surface area contributed by atoms with Crippen LogP contribution >= 0.6 is 0 Å². The molecule has 2 amide bonds. The molecule has 1 rings (SSSR count). The van der Waals surface area contributed by atoms with Gasteiger partial charge in [0.15, 0.2) is 0 Å². The molecule has 24 heavy (non-hydrogen) atoms. The maximum atomic E-state index is 13.0. The molecule has 0 unspecified atom stereocenters. The van der Waals surface area contributed by atoms with Crippen molar-refractivity contribution in [3.8, 4) is 0 Å². The zero-order valence-electron chi connectivity index (χ0n) is 13.8. The number of primary sulfonamides is 1. The highest BCUT2D eigenvalue weighted by Crippen LogP contribution is 2.22. The topological polar surface area (TPSA) is 111 Å². The molecule has 0 atom stereocenters. The second-order valence-corrected chi connectivity index (χ2v) is 7.71. The first kappa shape index (κ1) is 20.3. The van der Waals surface area contributed by atoms with Crippen LogP contribution in [0.2, 0.25) is 0 Å². The first-order chi connectivity index (χ1) is 11.1. The Bertz CT molecular complexity index is 633. The monoisotopic (exact) mass is 361 g/mol. The second-order valence-electron chi connectivity index (χ2n) is 5.98. The molecule has 1 aromatic rings. The van der Waals surface area contributed by atoms with E-state index in [0.717, 1.165) is 5.56 Å². The maximum Gasteiger partial charge on any atom is 0.314 e. The van der Waals surface area contributed by atoms with Gasteiger partial charge in [-0.05, 0) is 17.7 Å². The highest BCUT2D eigenvalue weighted by Gasteiger charge is 2.21. The Labute approximate surface area is 141 Å². The fourth-order valence-electron chi connectivity index (χ4n) is 1.88. The van der Waals surface area contributed by atoms with E-state index in [0.29, 0.717) is 6.54 Å². The summed E-state index contributed by atoms with van der Waals surface area (Å²) in [6.45, 7) is 4.67. The van der Waals surface area contributed by atoms with Crippen molar-refractivity contribution in [2.75, 3.05) is 32.1 Å². The smallest absolute Gasteiger partial charge is 0.314 e. The Morgan fingerprint density at radius 2 is 1.83 bits per heavy atom. The first-order valence-corrected chi connectivity index (χ1v) is 9.18. The van der Waals surface area contributed by atoms with Crippen molar-refractivity contribution >= 4 is 16.1 Å². The van der Waals surface area contributed by atoms with Crippen LogP contribution in [0.1, 0.15) is 19.4 Å². The minimum Gasteiger partial charge on any atom is -0.379 e. The molecule has 0 aliphatic carbocycles. The van der Waals surface area contributed by atoms with E-state index in [4.69, 9.17) is 9.88 Å². The second kappa shape index (κ2) is 8.95. The van der Waals surface area contributed by atoms with Crippen LogP contribution < -0.4 is 15.8 Å². The normalized spacial score (nSPS) is 12.0. The van der Waals surface area contributed by atoms with Gasteiger partial charge in [0.2, 0.25) is 10.0 Å². The van der Waals surface area contributed by atoms with Crippen molar-refractivity contribution in [1.82, 2.24) is 10.6 Å². The molecule has 7 nitrogen and oxygen atoms in total. The van der Waals surface area contributed by atoms with Gasteiger partial charge >= 0.3 is 6.03 Å². The summed E-state index contributed by atoms with van der Waals surface area (Å²) in [7, 11) is -3.53. The molecular weight excluding hydrogens is 337 g/mol. The molecule has 0 aromatic heterocycles. The summed E-state index contributed by atoms with van der Waals surface area (Å²) in [4.78, 5) is 11.7. The Morgan fingerprint density at radius 3 is 2.42 bits per heavy atom. The van der Waals surface area contributed by atoms with Crippen LogP contribution in [0.15, 0.2) is 24.3 Å². The van der Waals surface area contributed by atoms with Crippen molar-refractivity contribution in [1.29, 1.82) is 0 Å². The van der Waals surface area contributed by atoms with Crippen molar-refractivity contribution in [2.45, 2.75) is 19.3 Å². The van der Waals surface area contributed by atoms with E-state index >= 15 is 0 Å². The molecule has 0 aliphatic heterocycles. The number of urea groups is 1. The summed E-state index contributed by atoms with van der Waals surface area (Å²) in [5, 5.41) is 10.2. The molecule has 0 bridgehead atoms. The number of nitrogens with one attached hydrogen (secondary N) is 2. The quantitative estimate of drug-likeness (QED) is 0.563. The summed E-state index contributed by atoms with van der Waals surface area (Å²) in [5.74, 6) is -0.562. The molecule has 0 radical (unpaired) electrons. The number of carbonyl (C=O) groups excluding carboxylic acids is 1. The molecule has 0 aliphatic rings. The Hall–Kier alpha value is -1.71. The third-order valence-electron chi connectivity index (χ3n) is 3.36. The average molecular weight is 361 g/mol. The summed E-state index contributed by atoms with van der Waals surface area (Å²) >= 11 is 0. The molecular formula is C15H24FN3O4S. The molecule has 9 heteroatoms. The lowest BCUT2D eigenvalue weighted by molar-refractivity contribution is 0.150. The fourth-order valence-corrected chi connectivity index (χ4v) is 2.23. The summed E-state index contributed by atoms with van der Waals surface area (Å²) < 4.78 is 39.4. The highest BCUT2D eigenvalue weighted by molar-refractivity contribution is 7.89. The van der Waals surface area contributed by atoms with Gasteiger partial charge in [-0.2, -0.15) is 0 Å². The van der Waals surface area contributed by atoms with Gasteiger partial charge in [0.25, 0.3) is 0 Å². The summed E-state index contributed by atoms with van der Waals surface area (Å²) in [6, 6.07) is 5.79. The third-order valence-corrected chi connectivity index (χ3v) is 4.10. The van der Waals surface area contributed by atoms with Gasteiger partial charge in [0, 0.05) is 18.5 Å². The molecule has 1 aromatic carbocycles. The Kier molecular flexibility index (Phi) is 7.59. The van der Waals surface area contributed by atoms with Gasteiger partial charge in [0.05, 0.1) is 19.0 Å².